The zero-order chi connectivity index (χ0) is 18.5. The molecule has 0 spiro atoms. The molecule has 7 nitrogen and oxygen atoms in total. The van der Waals surface area contributed by atoms with Crippen LogP contribution in [0.15, 0.2) is 48.5 Å². The number of aromatic nitrogens is 4. The predicted molar refractivity (Wildman–Crippen MR) is 90.0 cm³/mol. The molecule has 0 radical (unpaired) electrons. The van der Waals surface area contributed by atoms with Gasteiger partial charge in [-0.2, -0.15) is 13.6 Å². The summed E-state index contributed by atoms with van der Waals surface area (Å²) in [4.78, 5) is 13.2. The van der Waals surface area contributed by atoms with Crippen LogP contribution in [0.4, 0.5) is 14.5 Å². The van der Waals surface area contributed by atoms with Gasteiger partial charge in [-0.3, -0.25) is 4.79 Å². The minimum Gasteiger partial charge on any atom is -0.435 e. The summed E-state index contributed by atoms with van der Waals surface area (Å²) in [7, 11) is 0. The monoisotopic (exact) mass is 379 g/mol. The third-order valence-corrected chi connectivity index (χ3v) is 3.42. The van der Waals surface area contributed by atoms with E-state index in [1.807, 2.05) is 0 Å². The Hall–Kier alpha value is -3.07. The summed E-state index contributed by atoms with van der Waals surface area (Å²) in [6, 6.07) is 12.5. The van der Waals surface area contributed by atoms with E-state index in [0.29, 0.717) is 22.1 Å². The number of amides is 1. The third-order valence-electron chi connectivity index (χ3n) is 3.18. The van der Waals surface area contributed by atoms with Gasteiger partial charge in [-0.05, 0) is 41.6 Å². The van der Waals surface area contributed by atoms with Crippen LogP contribution < -0.4 is 10.1 Å². The van der Waals surface area contributed by atoms with E-state index < -0.39 is 12.5 Å². The summed E-state index contributed by atoms with van der Waals surface area (Å²) in [5.41, 5.74) is 1.10. The Morgan fingerprint density at radius 3 is 2.69 bits per heavy atom. The summed E-state index contributed by atoms with van der Waals surface area (Å²) < 4.78 is 28.4. The molecule has 134 valence electrons. The Morgan fingerprint density at radius 2 is 2.00 bits per heavy atom. The molecule has 0 aliphatic heterocycles. The lowest BCUT2D eigenvalue weighted by atomic mass is 10.2. The first-order valence-electron chi connectivity index (χ1n) is 7.38. The average Bonchev–Trinajstić information content (AvgIpc) is 3.04. The van der Waals surface area contributed by atoms with Crippen LogP contribution in [0.5, 0.6) is 5.75 Å². The predicted octanol–water partition coefficient (Wildman–Crippen LogP) is 3.23. The number of carbonyl (C=O) groups excluding carboxylic acids is 1. The fourth-order valence-corrected chi connectivity index (χ4v) is 2.29. The van der Waals surface area contributed by atoms with Gasteiger partial charge in [0, 0.05) is 16.3 Å². The minimum absolute atomic E-state index is 0.00195. The molecule has 26 heavy (non-hydrogen) atoms. The normalized spacial score (nSPS) is 10.8. The maximum Gasteiger partial charge on any atom is 0.387 e. The standard InChI is InChI=1S/C16H12ClF2N5O2/c17-11-3-1-2-10(8-11)15-21-23-24(22-15)9-14(25)20-12-4-6-13(7-5-12)26-16(18)19/h1-8,16H,9H2,(H,20,25). The quantitative estimate of drug-likeness (QED) is 0.711. The van der Waals surface area contributed by atoms with Crippen molar-refractivity contribution in [1.29, 1.82) is 0 Å². The molecule has 3 aromatic rings. The molecule has 0 saturated carbocycles. The number of halogens is 3. The van der Waals surface area contributed by atoms with Crippen molar-refractivity contribution in [3.05, 3.63) is 53.6 Å². The number of anilines is 1. The molecule has 0 saturated heterocycles. The third kappa shape index (κ3) is 4.73. The van der Waals surface area contributed by atoms with E-state index >= 15 is 0 Å². The number of tetrazole rings is 1. The van der Waals surface area contributed by atoms with Crippen LogP contribution in [0.2, 0.25) is 5.02 Å². The lowest BCUT2D eigenvalue weighted by Crippen LogP contribution is -2.20. The molecule has 1 amide bonds. The van der Waals surface area contributed by atoms with Gasteiger partial charge in [0.05, 0.1) is 0 Å². The first kappa shape index (κ1) is 17.7. The highest BCUT2D eigenvalue weighted by atomic mass is 35.5. The van der Waals surface area contributed by atoms with Crippen LogP contribution >= 0.6 is 11.6 Å². The zero-order valence-corrected chi connectivity index (χ0v) is 13.9. The van der Waals surface area contributed by atoms with Crippen molar-refractivity contribution in [1.82, 2.24) is 20.2 Å². The number of nitrogens with one attached hydrogen (secondary N) is 1. The van der Waals surface area contributed by atoms with E-state index in [-0.39, 0.29) is 12.3 Å². The van der Waals surface area contributed by atoms with Gasteiger partial charge in [0.25, 0.3) is 0 Å². The molecule has 1 N–H and O–H groups in total. The Labute approximate surface area is 151 Å². The highest BCUT2D eigenvalue weighted by Crippen LogP contribution is 2.19. The highest BCUT2D eigenvalue weighted by molar-refractivity contribution is 6.30. The topological polar surface area (TPSA) is 81.9 Å². The van der Waals surface area contributed by atoms with E-state index in [0.717, 1.165) is 4.80 Å². The maximum absolute atomic E-state index is 12.1. The molecule has 1 aromatic heterocycles. The van der Waals surface area contributed by atoms with Gasteiger partial charge in [-0.1, -0.05) is 23.7 Å². The number of hydrogen-bond acceptors (Lipinski definition) is 5. The maximum atomic E-state index is 12.1. The zero-order valence-electron chi connectivity index (χ0n) is 13.1. The van der Waals surface area contributed by atoms with Gasteiger partial charge in [0.15, 0.2) is 0 Å². The molecule has 1 heterocycles. The molecule has 0 unspecified atom stereocenters. The van der Waals surface area contributed by atoms with E-state index in [4.69, 9.17) is 11.6 Å². The Kier molecular flexibility index (Phi) is 5.37. The summed E-state index contributed by atoms with van der Waals surface area (Å²) in [5, 5.41) is 15.0. The largest absolute Gasteiger partial charge is 0.435 e. The minimum atomic E-state index is -2.90. The molecule has 0 aliphatic carbocycles. The van der Waals surface area contributed by atoms with Crippen molar-refractivity contribution < 1.29 is 18.3 Å². The van der Waals surface area contributed by atoms with Crippen LogP contribution in [0.25, 0.3) is 11.4 Å². The number of alkyl halides is 2. The smallest absolute Gasteiger partial charge is 0.387 e. The van der Waals surface area contributed by atoms with Crippen molar-refractivity contribution in [3.63, 3.8) is 0 Å². The van der Waals surface area contributed by atoms with Crippen molar-refractivity contribution in [2.75, 3.05) is 5.32 Å². The number of ether oxygens (including phenoxy) is 1. The van der Waals surface area contributed by atoms with E-state index in [9.17, 15) is 13.6 Å². The summed E-state index contributed by atoms with van der Waals surface area (Å²) in [5.74, 6) is -0.0570. The fraction of sp³-hybridized carbons (Fsp3) is 0.125. The van der Waals surface area contributed by atoms with Gasteiger partial charge in [0.2, 0.25) is 11.7 Å². The number of nitrogens with zero attached hydrogens (tertiary/aromatic N) is 4. The van der Waals surface area contributed by atoms with E-state index in [1.165, 1.54) is 24.3 Å². The molecule has 3 rings (SSSR count). The second-order valence-corrected chi connectivity index (χ2v) is 5.54. The van der Waals surface area contributed by atoms with E-state index in [1.54, 1.807) is 24.3 Å². The van der Waals surface area contributed by atoms with Crippen molar-refractivity contribution in [2.45, 2.75) is 13.2 Å². The summed E-state index contributed by atoms with van der Waals surface area (Å²) in [6.45, 7) is -3.06. The van der Waals surface area contributed by atoms with E-state index in [2.05, 4.69) is 25.5 Å². The lowest BCUT2D eigenvalue weighted by molar-refractivity contribution is -0.117. The number of hydrogen-bond donors (Lipinski definition) is 1. The van der Waals surface area contributed by atoms with Crippen molar-refractivity contribution in [2.24, 2.45) is 0 Å². The Morgan fingerprint density at radius 1 is 1.23 bits per heavy atom. The first-order chi connectivity index (χ1) is 12.5. The van der Waals surface area contributed by atoms with Crippen LogP contribution in [0.1, 0.15) is 0 Å². The molecule has 0 aliphatic rings. The molecular formula is C16H12ClF2N5O2. The average molecular weight is 380 g/mol. The Bertz CT molecular complexity index is 902. The highest BCUT2D eigenvalue weighted by Gasteiger charge is 2.10. The van der Waals surface area contributed by atoms with Crippen LogP contribution in [-0.2, 0) is 11.3 Å². The van der Waals surface area contributed by atoms with Crippen molar-refractivity contribution in [3.8, 4) is 17.1 Å². The van der Waals surface area contributed by atoms with Crippen LogP contribution in [0, 0.1) is 0 Å². The van der Waals surface area contributed by atoms with Gasteiger partial charge >= 0.3 is 6.61 Å². The molecule has 2 aromatic carbocycles. The summed E-state index contributed by atoms with van der Waals surface area (Å²) in [6.07, 6.45) is 0. The van der Waals surface area contributed by atoms with Crippen LogP contribution in [-0.4, -0.2) is 32.7 Å². The molecular weight excluding hydrogens is 368 g/mol. The van der Waals surface area contributed by atoms with Crippen LogP contribution in [0.3, 0.4) is 0 Å². The van der Waals surface area contributed by atoms with Crippen molar-refractivity contribution >= 4 is 23.2 Å². The van der Waals surface area contributed by atoms with Gasteiger partial charge in [-0.25, -0.2) is 0 Å². The number of carbonyl (C=O) groups is 1. The molecule has 10 heteroatoms. The fourth-order valence-electron chi connectivity index (χ4n) is 2.10. The SMILES string of the molecule is O=C(Cn1nnc(-c2cccc(Cl)c2)n1)Nc1ccc(OC(F)F)cc1. The number of benzene rings is 2. The van der Waals surface area contributed by atoms with Gasteiger partial charge < -0.3 is 10.1 Å². The molecule has 0 bridgehead atoms. The second-order valence-electron chi connectivity index (χ2n) is 5.10. The lowest BCUT2D eigenvalue weighted by Gasteiger charge is -2.07. The van der Waals surface area contributed by atoms with Gasteiger partial charge in [-0.15, -0.1) is 10.2 Å². The first-order valence-corrected chi connectivity index (χ1v) is 7.76. The second kappa shape index (κ2) is 7.87. The Balaban J connectivity index is 1.60. The number of rotatable bonds is 6. The van der Waals surface area contributed by atoms with Gasteiger partial charge in [0.1, 0.15) is 12.3 Å². The summed E-state index contributed by atoms with van der Waals surface area (Å²) >= 11 is 5.92. The molecule has 0 atom stereocenters. The molecule has 0 fully saturated rings.